The molecule has 0 fully saturated rings. The van der Waals surface area contributed by atoms with Crippen LogP contribution in [-0.2, 0) is 29.1 Å². The highest BCUT2D eigenvalue weighted by atomic mass is 16.5. The van der Waals surface area contributed by atoms with Gasteiger partial charge in [0.15, 0.2) is 0 Å². The van der Waals surface area contributed by atoms with Crippen molar-refractivity contribution in [2.75, 3.05) is 6.61 Å². The fourth-order valence-electron chi connectivity index (χ4n) is 3.41. The van der Waals surface area contributed by atoms with Gasteiger partial charge in [-0.15, -0.1) is 0 Å². The predicted molar refractivity (Wildman–Crippen MR) is 96.2 cm³/mol. The van der Waals surface area contributed by atoms with Gasteiger partial charge in [-0.2, -0.15) is 5.10 Å². The first-order chi connectivity index (χ1) is 12.2. The van der Waals surface area contributed by atoms with Crippen LogP contribution >= 0.6 is 0 Å². The summed E-state index contributed by atoms with van der Waals surface area (Å²) in [4.78, 5) is 12.7. The summed E-state index contributed by atoms with van der Waals surface area (Å²) in [7, 11) is 0. The fourth-order valence-corrected chi connectivity index (χ4v) is 3.41. The maximum atomic E-state index is 12.7. The summed E-state index contributed by atoms with van der Waals surface area (Å²) < 4.78 is 5.49. The van der Waals surface area contributed by atoms with Crippen LogP contribution in [0.1, 0.15) is 35.4 Å². The Morgan fingerprint density at radius 1 is 1.28 bits per heavy atom. The van der Waals surface area contributed by atoms with Crippen molar-refractivity contribution in [3.63, 3.8) is 0 Å². The normalized spacial score (nSPS) is 14.9. The Balaban J connectivity index is 1.50. The molecule has 0 spiro atoms. The number of nitrogens with one attached hydrogen (secondary N) is 2. The highest BCUT2D eigenvalue weighted by Crippen LogP contribution is 2.26. The van der Waals surface area contributed by atoms with Crippen molar-refractivity contribution in [2.45, 2.75) is 32.4 Å². The van der Waals surface area contributed by atoms with Crippen molar-refractivity contribution in [2.24, 2.45) is 0 Å². The molecule has 1 amide bonds. The van der Waals surface area contributed by atoms with Gasteiger partial charge in [0.2, 0.25) is 5.91 Å². The Labute approximate surface area is 146 Å². The zero-order valence-corrected chi connectivity index (χ0v) is 14.2. The smallest absolute Gasteiger partial charge is 0.227 e. The van der Waals surface area contributed by atoms with Gasteiger partial charge in [0.25, 0.3) is 0 Å². The molecule has 0 saturated carbocycles. The van der Waals surface area contributed by atoms with Gasteiger partial charge in [0, 0.05) is 17.7 Å². The van der Waals surface area contributed by atoms with Crippen LogP contribution in [0.15, 0.2) is 42.5 Å². The number of hydrogen-bond acceptors (Lipinski definition) is 3. The van der Waals surface area contributed by atoms with Gasteiger partial charge in [-0.25, -0.2) is 0 Å². The minimum atomic E-state index is -0.225. The van der Waals surface area contributed by atoms with Crippen LogP contribution in [-0.4, -0.2) is 22.7 Å². The van der Waals surface area contributed by atoms with Crippen molar-refractivity contribution in [1.82, 2.24) is 15.5 Å². The summed E-state index contributed by atoms with van der Waals surface area (Å²) in [5.41, 5.74) is 4.12. The Bertz CT molecular complexity index is 911. The summed E-state index contributed by atoms with van der Waals surface area (Å²) in [6.45, 7) is 3.65. The number of ether oxygens (including phenoxy) is 1. The lowest BCUT2D eigenvalue weighted by molar-refractivity contribution is -0.122. The minimum Gasteiger partial charge on any atom is -0.376 e. The van der Waals surface area contributed by atoms with Gasteiger partial charge in [-0.3, -0.25) is 9.89 Å². The lowest BCUT2D eigenvalue weighted by Crippen LogP contribution is -2.28. The van der Waals surface area contributed by atoms with E-state index in [1.807, 2.05) is 31.2 Å². The number of rotatable bonds is 4. The van der Waals surface area contributed by atoms with E-state index in [2.05, 4.69) is 33.7 Å². The number of fused-ring (bicyclic) bond motifs is 2. The van der Waals surface area contributed by atoms with E-state index in [1.165, 1.54) is 0 Å². The topological polar surface area (TPSA) is 67.0 Å². The Kier molecular flexibility index (Phi) is 4.24. The largest absolute Gasteiger partial charge is 0.376 e. The van der Waals surface area contributed by atoms with Crippen LogP contribution in [0.25, 0.3) is 10.8 Å². The fraction of sp³-hybridized carbons (Fsp3) is 0.300. The van der Waals surface area contributed by atoms with Gasteiger partial charge < -0.3 is 10.1 Å². The molecule has 1 aliphatic rings. The third-order valence-electron chi connectivity index (χ3n) is 4.89. The molecule has 5 nitrogen and oxygen atoms in total. The van der Waals surface area contributed by atoms with Crippen LogP contribution in [0, 0.1) is 0 Å². The van der Waals surface area contributed by atoms with Crippen LogP contribution in [0.2, 0.25) is 0 Å². The molecule has 4 rings (SSSR count). The second-order valence-corrected chi connectivity index (χ2v) is 6.44. The maximum Gasteiger partial charge on any atom is 0.227 e. The maximum absolute atomic E-state index is 12.7. The zero-order valence-electron chi connectivity index (χ0n) is 14.2. The molecular formula is C20H21N3O2. The van der Waals surface area contributed by atoms with Crippen molar-refractivity contribution in [3.8, 4) is 0 Å². The van der Waals surface area contributed by atoms with E-state index < -0.39 is 0 Å². The summed E-state index contributed by atoms with van der Waals surface area (Å²) in [6, 6.07) is 14.3. The molecule has 1 aliphatic heterocycles. The molecule has 25 heavy (non-hydrogen) atoms. The lowest BCUT2D eigenvalue weighted by Gasteiger charge is -2.16. The van der Waals surface area contributed by atoms with Crippen molar-refractivity contribution in [1.29, 1.82) is 0 Å². The molecule has 1 aromatic heterocycles. The Hall–Kier alpha value is -2.66. The highest BCUT2D eigenvalue weighted by Gasteiger charge is 2.20. The first-order valence-electron chi connectivity index (χ1n) is 8.62. The molecule has 0 radical (unpaired) electrons. The SMILES string of the molecule is CC(C(=O)NCc1n[nH]c2c1COCC2)c1cccc2ccccc12. The number of amides is 1. The van der Waals surface area contributed by atoms with E-state index in [0.29, 0.717) is 13.2 Å². The second-order valence-electron chi connectivity index (χ2n) is 6.44. The monoisotopic (exact) mass is 335 g/mol. The van der Waals surface area contributed by atoms with Gasteiger partial charge in [-0.05, 0) is 23.3 Å². The van der Waals surface area contributed by atoms with Gasteiger partial charge in [0.05, 0.1) is 31.4 Å². The molecule has 2 N–H and O–H groups in total. The van der Waals surface area contributed by atoms with Crippen molar-refractivity contribution < 1.29 is 9.53 Å². The number of carbonyl (C=O) groups is 1. The highest BCUT2D eigenvalue weighted by molar-refractivity contribution is 5.92. The number of nitrogens with zero attached hydrogens (tertiary/aromatic N) is 1. The second kappa shape index (κ2) is 6.69. The van der Waals surface area contributed by atoms with Crippen LogP contribution in [0.5, 0.6) is 0 Å². The molecular weight excluding hydrogens is 314 g/mol. The van der Waals surface area contributed by atoms with E-state index in [4.69, 9.17) is 4.74 Å². The Morgan fingerprint density at radius 2 is 2.12 bits per heavy atom. The number of H-pyrrole nitrogens is 1. The third-order valence-corrected chi connectivity index (χ3v) is 4.89. The van der Waals surface area contributed by atoms with Crippen LogP contribution in [0.3, 0.4) is 0 Å². The molecule has 3 aromatic rings. The summed E-state index contributed by atoms with van der Waals surface area (Å²) in [6.07, 6.45) is 0.850. The molecule has 1 unspecified atom stereocenters. The Morgan fingerprint density at radius 3 is 3.04 bits per heavy atom. The molecule has 0 saturated heterocycles. The van der Waals surface area contributed by atoms with Gasteiger partial charge >= 0.3 is 0 Å². The number of benzene rings is 2. The van der Waals surface area contributed by atoms with Gasteiger partial charge in [-0.1, -0.05) is 42.5 Å². The molecule has 2 heterocycles. The zero-order chi connectivity index (χ0) is 17.2. The molecule has 0 aliphatic carbocycles. The predicted octanol–water partition coefficient (Wildman–Crippen LogP) is 3.06. The van der Waals surface area contributed by atoms with Crippen molar-refractivity contribution >= 4 is 16.7 Å². The van der Waals surface area contributed by atoms with E-state index in [9.17, 15) is 4.79 Å². The average molecular weight is 335 g/mol. The number of aromatic nitrogens is 2. The molecule has 1 atom stereocenters. The van der Waals surface area contributed by atoms with E-state index in [1.54, 1.807) is 0 Å². The van der Waals surface area contributed by atoms with Crippen LogP contribution in [0.4, 0.5) is 0 Å². The van der Waals surface area contributed by atoms with Crippen molar-refractivity contribution in [3.05, 3.63) is 65.0 Å². The molecule has 2 aromatic carbocycles. The number of carbonyl (C=O) groups excluding carboxylic acids is 1. The van der Waals surface area contributed by atoms with E-state index in [-0.39, 0.29) is 11.8 Å². The molecule has 0 bridgehead atoms. The van der Waals surface area contributed by atoms with E-state index >= 15 is 0 Å². The van der Waals surface area contributed by atoms with Gasteiger partial charge in [0.1, 0.15) is 0 Å². The number of aromatic amines is 1. The number of hydrogen-bond donors (Lipinski definition) is 2. The van der Waals surface area contributed by atoms with Crippen LogP contribution < -0.4 is 5.32 Å². The first kappa shape index (κ1) is 15.8. The van der Waals surface area contributed by atoms with E-state index in [0.717, 1.165) is 46.3 Å². The third kappa shape index (κ3) is 3.03. The standard InChI is InChI=1S/C20H21N3O2/c1-13(15-8-4-6-14-5-2-3-7-16(14)15)20(24)21-11-19-17-12-25-10-9-18(17)22-23-19/h2-8,13H,9-12H2,1H3,(H,21,24)(H,22,23). The quantitative estimate of drug-likeness (QED) is 0.770. The average Bonchev–Trinajstić information content (AvgIpc) is 3.08. The summed E-state index contributed by atoms with van der Waals surface area (Å²) >= 11 is 0. The summed E-state index contributed by atoms with van der Waals surface area (Å²) in [5, 5.41) is 12.7. The summed E-state index contributed by atoms with van der Waals surface area (Å²) in [5.74, 6) is -0.220. The minimum absolute atomic E-state index is 0.00447. The molecule has 5 heteroatoms. The molecule has 128 valence electrons. The first-order valence-corrected chi connectivity index (χ1v) is 8.62. The lowest BCUT2D eigenvalue weighted by atomic mass is 9.94.